The topological polar surface area (TPSA) is 53.0 Å². The van der Waals surface area contributed by atoms with Crippen LogP contribution in [-0.2, 0) is 6.54 Å². The molecular formula is C17H18FN3. The van der Waals surface area contributed by atoms with Gasteiger partial charge in [-0.15, -0.1) is 0 Å². The molecule has 0 heterocycles. The van der Waals surface area contributed by atoms with E-state index in [-0.39, 0.29) is 5.82 Å². The van der Waals surface area contributed by atoms with Crippen molar-refractivity contribution in [2.75, 3.05) is 17.2 Å². The molecule has 0 amide bonds. The summed E-state index contributed by atoms with van der Waals surface area (Å²) in [4.78, 5) is 2.07. The standard InChI is InChI=1S/C17H18FN3/c1-2-8-21(16-5-3-4-15(20)10-16)12-14-9-13(11-19)6-7-17(14)18/h3-7,9-10H,2,8,12,20H2,1H3. The largest absolute Gasteiger partial charge is 0.399 e. The molecule has 0 aliphatic carbocycles. The molecular weight excluding hydrogens is 265 g/mol. The van der Waals surface area contributed by atoms with Crippen molar-refractivity contribution in [1.29, 1.82) is 5.26 Å². The van der Waals surface area contributed by atoms with Crippen molar-refractivity contribution in [2.24, 2.45) is 0 Å². The third-order valence-corrected chi connectivity index (χ3v) is 3.26. The number of rotatable bonds is 5. The van der Waals surface area contributed by atoms with Crippen LogP contribution in [-0.4, -0.2) is 6.54 Å². The molecule has 0 bridgehead atoms. The Bertz CT molecular complexity index is 661. The fourth-order valence-corrected chi connectivity index (χ4v) is 2.26. The van der Waals surface area contributed by atoms with E-state index in [0.29, 0.717) is 23.4 Å². The number of nitriles is 1. The number of benzene rings is 2. The van der Waals surface area contributed by atoms with E-state index in [1.165, 1.54) is 12.1 Å². The van der Waals surface area contributed by atoms with Crippen molar-refractivity contribution in [1.82, 2.24) is 0 Å². The average molecular weight is 283 g/mol. The Kier molecular flexibility index (Phi) is 4.78. The second-order valence-corrected chi connectivity index (χ2v) is 4.93. The molecule has 108 valence electrons. The van der Waals surface area contributed by atoms with Gasteiger partial charge in [0.2, 0.25) is 0 Å². The van der Waals surface area contributed by atoms with Gasteiger partial charge in [0.1, 0.15) is 5.82 Å². The van der Waals surface area contributed by atoms with Crippen LogP contribution in [0.3, 0.4) is 0 Å². The first-order valence-electron chi connectivity index (χ1n) is 6.93. The van der Waals surface area contributed by atoms with E-state index in [1.807, 2.05) is 30.3 Å². The van der Waals surface area contributed by atoms with Gasteiger partial charge in [-0.05, 0) is 42.8 Å². The van der Waals surface area contributed by atoms with Gasteiger partial charge in [-0.25, -0.2) is 4.39 Å². The number of hydrogen-bond donors (Lipinski definition) is 1. The van der Waals surface area contributed by atoms with E-state index in [1.54, 1.807) is 6.07 Å². The molecule has 0 unspecified atom stereocenters. The Hall–Kier alpha value is -2.54. The number of nitrogens with two attached hydrogens (primary N) is 1. The van der Waals surface area contributed by atoms with E-state index in [4.69, 9.17) is 11.0 Å². The molecule has 2 aromatic carbocycles. The first kappa shape index (κ1) is 14.9. The first-order valence-corrected chi connectivity index (χ1v) is 6.93. The normalized spacial score (nSPS) is 10.1. The molecule has 4 heteroatoms. The van der Waals surface area contributed by atoms with Crippen LogP contribution in [0.2, 0.25) is 0 Å². The Morgan fingerprint density at radius 3 is 2.71 bits per heavy atom. The average Bonchev–Trinajstić information content (AvgIpc) is 2.49. The minimum Gasteiger partial charge on any atom is -0.399 e. The van der Waals surface area contributed by atoms with Crippen LogP contribution in [0.5, 0.6) is 0 Å². The van der Waals surface area contributed by atoms with Gasteiger partial charge in [-0.3, -0.25) is 0 Å². The summed E-state index contributed by atoms with van der Waals surface area (Å²) in [6.07, 6.45) is 0.939. The van der Waals surface area contributed by atoms with Gasteiger partial charge < -0.3 is 10.6 Å². The zero-order chi connectivity index (χ0) is 15.2. The van der Waals surface area contributed by atoms with Crippen LogP contribution in [0.15, 0.2) is 42.5 Å². The molecule has 0 aliphatic rings. The quantitative estimate of drug-likeness (QED) is 0.851. The SMILES string of the molecule is CCCN(Cc1cc(C#N)ccc1F)c1cccc(N)c1. The van der Waals surface area contributed by atoms with Gasteiger partial charge in [0.05, 0.1) is 11.6 Å². The molecule has 0 aromatic heterocycles. The van der Waals surface area contributed by atoms with E-state index >= 15 is 0 Å². The number of halogens is 1. The molecule has 0 atom stereocenters. The van der Waals surface area contributed by atoms with Crippen molar-refractivity contribution in [3.05, 3.63) is 59.4 Å². The van der Waals surface area contributed by atoms with Crippen LogP contribution >= 0.6 is 0 Å². The van der Waals surface area contributed by atoms with Crippen molar-refractivity contribution in [3.8, 4) is 6.07 Å². The summed E-state index contributed by atoms with van der Waals surface area (Å²) in [6.45, 7) is 3.28. The zero-order valence-corrected chi connectivity index (χ0v) is 12.0. The summed E-state index contributed by atoms with van der Waals surface area (Å²) in [5.41, 5.74) is 8.44. The summed E-state index contributed by atoms with van der Waals surface area (Å²) in [5, 5.41) is 8.94. The molecule has 2 aromatic rings. The minimum absolute atomic E-state index is 0.293. The molecule has 0 saturated carbocycles. The highest BCUT2D eigenvalue weighted by Gasteiger charge is 2.11. The van der Waals surface area contributed by atoms with Crippen LogP contribution in [0.25, 0.3) is 0 Å². The fraction of sp³-hybridized carbons (Fsp3) is 0.235. The second-order valence-electron chi connectivity index (χ2n) is 4.93. The molecule has 3 nitrogen and oxygen atoms in total. The Morgan fingerprint density at radius 1 is 1.24 bits per heavy atom. The first-order chi connectivity index (χ1) is 10.1. The zero-order valence-electron chi connectivity index (χ0n) is 12.0. The Labute approximate surface area is 124 Å². The number of nitrogens with zero attached hydrogens (tertiary/aromatic N) is 2. The van der Waals surface area contributed by atoms with Crippen molar-refractivity contribution >= 4 is 11.4 Å². The van der Waals surface area contributed by atoms with Crippen LogP contribution in [0, 0.1) is 17.1 Å². The van der Waals surface area contributed by atoms with E-state index in [0.717, 1.165) is 18.7 Å². The number of anilines is 2. The highest BCUT2D eigenvalue weighted by atomic mass is 19.1. The smallest absolute Gasteiger partial charge is 0.128 e. The predicted octanol–water partition coefficient (Wildman–Crippen LogP) is 3.70. The maximum absolute atomic E-state index is 13.9. The Morgan fingerprint density at radius 2 is 2.05 bits per heavy atom. The molecule has 21 heavy (non-hydrogen) atoms. The number of hydrogen-bond acceptors (Lipinski definition) is 3. The highest BCUT2D eigenvalue weighted by molar-refractivity contribution is 5.56. The van der Waals surface area contributed by atoms with E-state index < -0.39 is 0 Å². The lowest BCUT2D eigenvalue weighted by Gasteiger charge is -2.25. The van der Waals surface area contributed by atoms with Crippen molar-refractivity contribution in [3.63, 3.8) is 0 Å². The van der Waals surface area contributed by atoms with Crippen LogP contribution < -0.4 is 10.6 Å². The Balaban J connectivity index is 2.30. The third kappa shape index (κ3) is 3.73. The second kappa shape index (κ2) is 6.76. The van der Waals surface area contributed by atoms with Gasteiger partial charge >= 0.3 is 0 Å². The molecule has 0 radical (unpaired) electrons. The molecule has 0 aliphatic heterocycles. The molecule has 2 N–H and O–H groups in total. The van der Waals surface area contributed by atoms with Gasteiger partial charge in [0, 0.05) is 30.0 Å². The summed E-state index contributed by atoms with van der Waals surface area (Å²) < 4.78 is 13.9. The van der Waals surface area contributed by atoms with Gasteiger partial charge in [0.25, 0.3) is 0 Å². The van der Waals surface area contributed by atoms with Gasteiger partial charge in [-0.2, -0.15) is 5.26 Å². The molecule has 0 spiro atoms. The van der Waals surface area contributed by atoms with Gasteiger partial charge in [-0.1, -0.05) is 13.0 Å². The monoisotopic (exact) mass is 283 g/mol. The van der Waals surface area contributed by atoms with Crippen LogP contribution in [0.1, 0.15) is 24.5 Å². The summed E-state index contributed by atoms with van der Waals surface area (Å²) >= 11 is 0. The van der Waals surface area contributed by atoms with Gasteiger partial charge in [0.15, 0.2) is 0 Å². The highest BCUT2D eigenvalue weighted by Crippen LogP contribution is 2.22. The molecule has 0 saturated heterocycles. The minimum atomic E-state index is -0.293. The maximum atomic E-state index is 13.9. The predicted molar refractivity (Wildman–Crippen MR) is 83.3 cm³/mol. The van der Waals surface area contributed by atoms with Crippen molar-refractivity contribution in [2.45, 2.75) is 19.9 Å². The van der Waals surface area contributed by atoms with Crippen molar-refractivity contribution < 1.29 is 4.39 Å². The summed E-state index contributed by atoms with van der Waals surface area (Å²) in [7, 11) is 0. The fourth-order valence-electron chi connectivity index (χ4n) is 2.26. The summed E-state index contributed by atoms with van der Waals surface area (Å²) in [5.74, 6) is -0.293. The van der Waals surface area contributed by atoms with Crippen LogP contribution in [0.4, 0.5) is 15.8 Å². The van der Waals surface area contributed by atoms with E-state index in [2.05, 4.69) is 11.8 Å². The lowest BCUT2D eigenvalue weighted by atomic mass is 10.1. The number of nitrogen functional groups attached to an aromatic ring is 1. The molecule has 0 fully saturated rings. The molecule has 2 rings (SSSR count). The van der Waals surface area contributed by atoms with E-state index in [9.17, 15) is 4.39 Å². The lowest BCUT2D eigenvalue weighted by molar-refractivity contribution is 0.603. The summed E-state index contributed by atoms with van der Waals surface area (Å²) in [6, 6.07) is 14.0. The maximum Gasteiger partial charge on any atom is 0.128 e. The third-order valence-electron chi connectivity index (χ3n) is 3.26. The lowest BCUT2D eigenvalue weighted by Crippen LogP contribution is -2.24.